The quantitative estimate of drug-likeness (QED) is 0.656. The summed E-state index contributed by atoms with van der Waals surface area (Å²) in [5.74, 6) is 1.40. The van der Waals surface area contributed by atoms with E-state index < -0.39 is 0 Å². The van der Waals surface area contributed by atoms with Gasteiger partial charge < -0.3 is 20.2 Å². The van der Waals surface area contributed by atoms with Crippen molar-refractivity contribution < 1.29 is 9.90 Å². The number of amides is 1. The van der Waals surface area contributed by atoms with Gasteiger partial charge in [-0.3, -0.25) is 9.79 Å². The van der Waals surface area contributed by atoms with Crippen molar-refractivity contribution in [2.45, 2.75) is 26.2 Å². The van der Waals surface area contributed by atoms with Crippen LogP contribution in [0.2, 0.25) is 0 Å². The molecule has 0 aromatic carbocycles. The minimum Gasteiger partial charge on any atom is -0.392 e. The fraction of sp³-hybridized carbons (Fsp3) is 0.600. The number of hydrogen-bond acceptors (Lipinski definition) is 5. The third-order valence-corrected chi connectivity index (χ3v) is 4.35. The summed E-state index contributed by atoms with van der Waals surface area (Å²) in [4.78, 5) is 20.5. The Hall–Kier alpha value is -1.92. The maximum Gasteiger partial charge on any atom is 0.219 e. The van der Waals surface area contributed by atoms with Crippen molar-refractivity contribution in [3.63, 3.8) is 0 Å². The molecule has 2 N–H and O–H groups in total. The highest BCUT2D eigenvalue weighted by Crippen LogP contribution is 2.18. The average Bonchev–Trinajstić information content (AvgIpc) is 2.67. The molecule has 0 unspecified atom stereocenters. The lowest BCUT2D eigenvalue weighted by Crippen LogP contribution is -2.36. The fourth-order valence-electron chi connectivity index (χ4n) is 2.72. The van der Waals surface area contributed by atoms with Crippen molar-refractivity contribution in [3.05, 3.63) is 36.1 Å². The number of carbonyl (C=O) groups excluding carboxylic acids is 1. The van der Waals surface area contributed by atoms with E-state index in [-0.39, 0.29) is 12.5 Å². The molecule has 0 aromatic heterocycles. The normalized spacial score (nSPS) is 19.8. The number of likely N-dealkylation sites (N-methyl/N-ethyl adjacent to an activating group) is 1. The molecule has 1 aliphatic rings. The number of aliphatic hydroxyl groups excluding tert-OH is 1. The van der Waals surface area contributed by atoms with E-state index in [1.54, 1.807) is 7.05 Å². The van der Waals surface area contributed by atoms with Crippen LogP contribution in [-0.4, -0.2) is 74.0 Å². The van der Waals surface area contributed by atoms with Crippen LogP contribution in [0.25, 0.3) is 0 Å². The minimum atomic E-state index is -0.0189. The topological polar surface area (TPSA) is 68.2 Å². The number of nitrogens with one attached hydrogen (secondary N) is 1. The van der Waals surface area contributed by atoms with E-state index in [4.69, 9.17) is 4.99 Å². The molecule has 0 saturated heterocycles. The second-order valence-corrected chi connectivity index (χ2v) is 7.00. The zero-order valence-electron chi connectivity index (χ0n) is 16.7. The van der Waals surface area contributed by atoms with Crippen LogP contribution in [0.15, 0.2) is 41.1 Å². The number of aliphatic imine (C=N–C) groups is 1. The molecule has 1 amide bonds. The Kier molecular flexibility index (Phi) is 9.91. The van der Waals surface area contributed by atoms with Crippen LogP contribution in [0, 0.1) is 5.92 Å². The van der Waals surface area contributed by atoms with Crippen molar-refractivity contribution in [1.29, 1.82) is 0 Å². The number of aliphatic hydroxyl groups is 1. The Morgan fingerprint density at radius 3 is 2.85 bits per heavy atom. The van der Waals surface area contributed by atoms with Crippen LogP contribution in [0.5, 0.6) is 0 Å². The van der Waals surface area contributed by atoms with E-state index >= 15 is 0 Å². The van der Waals surface area contributed by atoms with Gasteiger partial charge in [0.25, 0.3) is 0 Å². The van der Waals surface area contributed by atoms with Crippen LogP contribution < -0.4 is 5.32 Å². The number of allylic oxidation sites excluding steroid dienone is 1. The second kappa shape index (κ2) is 11.6. The lowest BCUT2D eigenvalue weighted by Gasteiger charge is -2.29. The number of amidine groups is 1. The third kappa shape index (κ3) is 7.97. The van der Waals surface area contributed by atoms with Crippen LogP contribution in [0.1, 0.15) is 26.2 Å². The first-order valence-electron chi connectivity index (χ1n) is 9.20. The van der Waals surface area contributed by atoms with E-state index in [0.717, 1.165) is 43.0 Å². The van der Waals surface area contributed by atoms with Gasteiger partial charge in [-0.1, -0.05) is 25.7 Å². The van der Waals surface area contributed by atoms with Gasteiger partial charge in [0, 0.05) is 38.7 Å². The summed E-state index contributed by atoms with van der Waals surface area (Å²) in [5.41, 5.74) is 1.66. The van der Waals surface area contributed by atoms with Gasteiger partial charge in [-0.15, -0.1) is 0 Å². The molecule has 1 aliphatic heterocycles. The highest BCUT2D eigenvalue weighted by molar-refractivity contribution is 5.85. The molecule has 0 radical (unpaired) electrons. The van der Waals surface area contributed by atoms with Crippen molar-refractivity contribution in [2.75, 3.05) is 47.4 Å². The highest BCUT2D eigenvalue weighted by atomic mass is 16.3. The summed E-state index contributed by atoms with van der Waals surface area (Å²) in [6.07, 6.45) is 7.91. The lowest BCUT2D eigenvalue weighted by molar-refractivity contribution is -0.120. The molecule has 26 heavy (non-hydrogen) atoms. The van der Waals surface area contributed by atoms with Gasteiger partial charge in [0.2, 0.25) is 5.91 Å². The molecule has 1 heterocycles. The second-order valence-electron chi connectivity index (χ2n) is 7.00. The summed E-state index contributed by atoms with van der Waals surface area (Å²) < 4.78 is 0. The Bertz CT molecular complexity index is 564. The zero-order valence-corrected chi connectivity index (χ0v) is 16.7. The first-order chi connectivity index (χ1) is 12.4. The van der Waals surface area contributed by atoms with Gasteiger partial charge >= 0.3 is 0 Å². The molecule has 146 valence electrons. The number of hydrogen-bond donors (Lipinski definition) is 2. The molecule has 0 aliphatic carbocycles. The molecule has 1 atom stereocenters. The van der Waals surface area contributed by atoms with E-state index in [0.29, 0.717) is 18.9 Å². The maximum atomic E-state index is 11.5. The first-order valence-corrected chi connectivity index (χ1v) is 9.20. The van der Waals surface area contributed by atoms with E-state index in [1.165, 1.54) is 0 Å². The van der Waals surface area contributed by atoms with Gasteiger partial charge in [0.05, 0.1) is 13.2 Å². The van der Waals surface area contributed by atoms with Crippen molar-refractivity contribution in [1.82, 2.24) is 15.1 Å². The fourth-order valence-corrected chi connectivity index (χ4v) is 2.72. The number of nitrogens with zero attached hydrogens (tertiary/aromatic N) is 3. The first kappa shape index (κ1) is 22.1. The van der Waals surface area contributed by atoms with Crippen LogP contribution in [-0.2, 0) is 4.79 Å². The zero-order chi connectivity index (χ0) is 19.5. The largest absolute Gasteiger partial charge is 0.392 e. The van der Waals surface area contributed by atoms with E-state index in [2.05, 4.69) is 28.6 Å². The summed E-state index contributed by atoms with van der Waals surface area (Å²) in [7, 11) is 5.75. The lowest BCUT2D eigenvalue weighted by atomic mass is 10.00. The summed E-state index contributed by atoms with van der Waals surface area (Å²) in [6, 6.07) is 0. The predicted molar refractivity (Wildman–Crippen MR) is 108 cm³/mol. The Labute approximate surface area is 158 Å². The van der Waals surface area contributed by atoms with Crippen molar-refractivity contribution in [2.24, 2.45) is 10.9 Å². The number of carbonyl (C=O) groups is 1. The molecule has 6 nitrogen and oxygen atoms in total. The average molecular weight is 363 g/mol. The van der Waals surface area contributed by atoms with Gasteiger partial charge in [-0.05, 0) is 38.1 Å². The molecular weight excluding hydrogens is 328 g/mol. The molecule has 0 aromatic rings. The molecule has 1 rings (SSSR count). The number of rotatable bonds is 9. The van der Waals surface area contributed by atoms with Crippen LogP contribution in [0.4, 0.5) is 0 Å². The van der Waals surface area contributed by atoms with Gasteiger partial charge in [-0.25, -0.2) is 0 Å². The predicted octanol–water partition coefficient (Wildman–Crippen LogP) is 1.80. The SMILES string of the molecule is C=C1/C=C(CO)\C=C/CN=C(C[C@@H](C)CCC(=O)NC)N1CCN(C)C. The smallest absolute Gasteiger partial charge is 0.219 e. The van der Waals surface area contributed by atoms with Crippen LogP contribution in [0.3, 0.4) is 0 Å². The van der Waals surface area contributed by atoms with E-state index in [1.807, 2.05) is 32.3 Å². The summed E-state index contributed by atoms with van der Waals surface area (Å²) >= 11 is 0. The van der Waals surface area contributed by atoms with Gasteiger partial charge in [0.15, 0.2) is 0 Å². The Morgan fingerprint density at radius 1 is 1.50 bits per heavy atom. The maximum absolute atomic E-state index is 11.5. The Balaban J connectivity index is 2.94. The van der Waals surface area contributed by atoms with Gasteiger partial charge in [0.1, 0.15) is 5.84 Å². The standard InChI is InChI=1S/C20H34N4O2/c1-16(8-9-20(26)21-3)13-19-22-10-6-7-18(15-25)14-17(2)24(19)12-11-23(4)5/h6-7,14,16,25H,2,8-13,15H2,1,3-5H3,(H,21,26)/b7-6-,18-14+,22-19?/t16-/m0/s1. The third-order valence-electron chi connectivity index (χ3n) is 4.35. The monoisotopic (exact) mass is 362 g/mol. The van der Waals surface area contributed by atoms with Gasteiger partial charge in [-0.2, -0.15) is 0 Å². The molecule has 0 bridgehead atoms. The van der Waals surface area contributed by atoms with Crippen LogP contribution >= 0.6 is 0 Å². The van der Waals surface area contributed by atoms with E-state index in [9.17, 15) is 9.90 Å². The Morgan fingerprint density at radius 2 is 2.23 bits per heavy atom. The minimum absolute atomic E-state index is 0.0189. The summed E-state index contributed by atoms with van der Waals surface area (Å²) in [6.45, 7) is 8.56. The molecule has 0 spiro atoms. The molecule has 6 heteroatoms. The van der Waals surface area contributed by atoms with Crippen molar-refractivity contribution in [3.8, 4) is 0 Å². The molecule has 0 saturated carbocycles. The molecule has 0 fully saturated rings. The van der Waals surface area contributed by atoms with Crippen molar-refractivity contribution >= 4 is 11.7 Å². The molecular formula is C20H34N4O2. The summed E-state index contributed by atoms with van der Waals surface area (Å²) in [5, 5.41) is 12.2. The highest BCUT2D eigenvalue weighted by Gasteiger charge is 2.18.